The summed E-state index contributed by atoms with van der Waals surface area (Å²) in [5, 5.41) is 2.13. The molecule has 0 saturated heterocycles. The molecule has 1 rings (SSSR count). The third-order valence-corrected chi connectivity index (χ3v) is 5.41. The normalized spacial score (nSPS) is 13.5. The van der Waals surface area contributed by atoms with Crippen LogP contribution >= 0.6 is 43.2 Å². The van der Waals surface area contributed by atoms with Gasteiger partial charge in [0, 0.05) is 14.5 Å². The molecule has 0 amide bonds. The van der Waals surface area contributed by atoms with E-state index in [9.17, 15) is 0 Å². The summed E-state index contributed by atoms with van der Waals surface area (Å²) >= 11 is 9.21. The van der Waals surface area contributed by atoms with Crippen molar-refractivity contribution in [1.82, 2.24) is 0 Å². The van der Waals surface area contributed by atoms with Crippen LogP contribution in [-0.4, -0.2) is 32.7 Å². The van der Waals surface area contributed by atoms with Crippen molar-refractivity contribution >= 4 is 66.2 Å². The van der Waals surface area contributed by atoms with Crippen molar-refractivity contribution in [3.63, 3.8) is 0 Å². The van der Waals surface area contributed by atoms with E-state index in [0.29, 0.717) is 9.65 Å². The fourth-order valence-electron chi connectivity index (χ4n) is 1.12. The van der Waals surface area contributed by atoms with Crippen LogP contribution in [-0.2, 0) is 6.42 Å². The molecule has 0 aliphatic heterocycles. The van der Waals surface area contributed by atoms with Crippen LogP contribution < -0.4 is 12.4 Å². The average Bonchev–Trinajstić information content (AvgIpc) is 2.57. The molecular formula is C10H13Br2ClMgS. The van der Waals surface area contributed by atoms with Crippen molar-refractivity contribution in [2.24, 2.45) is 0 Å². The van der Waals surface area contributed by atoms with Gasteiger partial charge in [0.2, 0.25) is 0 Å². The summed E-state index contributed by atoms with van der Waals surface area (Å²) in [4.78, 5) is 2.52. The smallest absolute Gasteiger partial charge is 1.00 e. The first-order valence-electron chi connectivity index (χ1n) is 4.32. The minimum Gasteiger partial charge on any atom is -1.00 e. The van der Waals surface area contributed by atoms with Gasteiger partial charge in [0.1, 0.15) is 0 Å². The summed E-state index contributed by atoms with van der Waals surface area (Å²) in [5.41, 5.74) is 0. The van der Waals surface area contributed by atoms with Crippen molar-refractivity contribution in [2.75, 3.05) is 0 Å². The quantitative estimate of drug-likeness (QED) is 0.404. The van der Waals surface area contributed by atoms with Gasteiger partial charge < -0.3 is 18.8 Å². The fraction of sp³-hybridized carbons (Fsp3) is 0.500. The van der Waals surface area contributed by atoms with E-state index in [-0.39, 0.29) is 35.5 Å². The van der Waals surface area contributed by atoms with Crippen LogP contribution in [0, 0.1) is 6.42 Å². The molecule has 0 spiro atoms. The molecule has 0 saturated carbocycles. The van der Waals surface area contributed by atoms with Gasteiger partial charge in [-0.1, -0.05) is 37.9 Å². The molecule has 0 aliphatic rings. The molecule has 0 nitrogen and oxygen atoms in total. The van der Waals surface area contributed by atoms with Crippen molar-refractivity contribution in [1.29, 1.82) is 0 Å². The van der Waals surface area contributed by atoms with Crippen LogP contribution in [0.15, 0.2) is 17.5 Å². The topological polar surface area (TPSA) is 0 Å². The summed E-state index contributed by atoms with van der Waals surface area (Å²) in [5.74, 6) is 0. The molecule has 0 bridgehead atoms. The molecule has 5 heteroatoms. The second-order valence-electron chi connectivity index (χ2n) is 2.96. The van der Waals surface area contributed by atoms with Crippen LogP contribution in [0.1, 0.15) is 18.2 Å². The number of alkyl halides is 2. The summed E-state index contributed by atoms with van der Waals surface area (Å²) in [6.07, 6.45) is 4.42. The average molecular weight is 385 g/mol. The molecule has 2 unspecified atom stereocenters. The first-order chi connectivity index (χ1) is 6.24. The van der Waals surface area contributed by atoms with Gasteiger partial charge in [0.25, 0.3) is 0 Å². The van der Waals surface area contributed by atoms with Gasteiger partial charge in [-0.25, -0.2) is 0 Å². The maximum absolute atomic E-state index is 3.71. The maximum atomic E-state index is 3.71. The van der Waals surface area contributed by atoms with Gasteiger partial charge in [-0.3, -0.25) is 0 Å². The van der Waals surface area contributed by atoms with Crippen LogP contribution in [0.4, 0.5) is 0 Å². The van der Waals surface area contributed by atoms with E-state index in [2.05, 4.69) is 62.7 Å². The zero-order valence-corrected chi connectivity index (χ0v) is 14.8. The minimum atomic E-state index is 0. The largest absolute Gasteiger partial charge is 2.00 e. The molecule has 0 fully saturated rings. The molecule has 0 radical (unpaired) electrons. The van der Waals surface area contributed by atoms with E-state index in [1.54, 1.807) is 0 Å². The molecule has 1 heterocycles. The van der Waals surface area contributed by atoms with E-state index in [1.807, 2.05) is 11.3 Å². The Bertz CT molecular complexity index is 231. The first kappa shape index (κ1) is 19.1. The van der Waals surface area contributed by atoms with E-state index in [4.69, 9.17) is 0 Å². The molecule has 0 aliphatic carbocycles. The van der Waals surface area contributed by atoms with Gasteiger partial charge in [0.15, 0.2) is 0 Å². The number of hydrogen-bond donors (Lipinski definition) is 0. The molecule has 0 N–H and O–H groups in total. The van der Waals surface area contributed by atoms with Crippen molar-refractivity contribution < 1.29 is 12.4 Å². The van der Waals surface area contributed by atoms with Gasteiger partial charge in [0.05, 0.1) is 0 Å². The molecule has 15 heavy (non-hydrogen) atoms. The Morgan fingerprint density at radius 3 is 2.53 bits per heavy atom. The SMILES string of the molecule is C[CH-]CC(Br)C(Br)Cc1cccs1.[Cl-].[Mg+2]. The standard InChI is InChI=1S/C10H13Br2S.ClH.Mg/c1-2-4-9(11)10(12)7-8-5-3-6-13-8;;/h2-3,5-6,9-10H,4,7H2,1H3;1H;/q-1;;+2/p-1. The summed E-state index contributed by atoms with van der Waals surface area (Å²) < 4.78 is 0. The van der Waals surface area contributed by atoms with Gasteiger partial charge in [-0.15, -0.1) is 11.3 Å². The van der Waals surface area contributed by atoms with Gasteiger partial charge in [-0.2, -0.15) is 13.3 Å². The number of halogens is 3. The number of hydrogen-bond acceptors (Lipinski definition) is 1. The van der Waals surface area contributed by atoms with Crippen LogP contribution in [0.2, 0.25) is 0 Å². The zero-order valence-electron chi connectivity index (χ0n) is 8.63. The Hall–Kier alpha value is 1.72. The first-order valence-corrected chi connectivity index (χ1v) is 7.03. The van der Waals surface area contributed by atoms with Gasteiger partial charge >= 0.3 is 23.1 Å². The molecular weight excluding hydrogens is 372 g/mol. The zero-order chi connectivity index (χ0) is 9.68. The van der Waals surface area contributed by atoms with Crippen LogP contribution in [0.3, 0.4) is 0 Å². The minimum absolute atomic E-state index is 0. The Morgan fingerprint density at radius 2 is 2.07 bits per heavy atom. The second kappa shape index (κ2) is 10.8. The maximum Gasteiger partial charge on any atom is 2.00 e. The van der Waals surface area contributed by atoms with E-state index in [0.717, 1.165) is 12.8 Å². The van der Waals surface area contributed by atoms with Crippen molar-refractivity contribution in [2.45, 2.75) is 29.4 Å². The molecule has 82 valence electrons. The van der Waals surface area contributed by atoms with Crippen LogP contribution in [0.5, 0.6) is 0 Å². The van der Waals surface area contributed by atoms with E-state index < -0.39 is 0 Å². The van der Waals surface area contributed by atoms with Crippen LogP contribution in [0.25, 0.3) is 0 Å². The van der Waals surface area contributed by atoms with Crippen molar-refractivity contribution in [3.05, 3.63) is 28.8 Å². The number of thiophene rings is 1. The Kier molecular flexibility index (Phi) is 13.8. The third kappa shape index (κ3) is 7.61. The monoisotopic (exact) mass is 382 g/mol. The predicted molar refractivity (Wildman–Crippen MR) is 73.8 cm³/mol. The van der Waals surface area contributed by atoms with E-state index in [1.165, 1.54) is 4.88 Å². The molecule has 2 atom stereocenters. The molecule has 0 aromatic carbocycles. The van der Waals surface area contributed by atoms with E-state index >= 15 is 0 Å². The van der Waals surface area contributed by atoms with Gasteiger partial charge in [-0.05, 0) is 17.9 Å². The Balaban J connectivity index is 0. The van der Waals surface area contributed by atoms with Crippen molar-refractivity contribution in [3.8, 4) is 0 Å². The number of rotatable bonds is 5. The molecule has 1 aromatic heterocycles. The third-order valence-electron chi connectivity index (χ3n) is 1.83. The second-order valence-corrected chi connectivity index (χ2v) is 6.34. The Labute approximate surface area is 135 Å². The summed E-state index contributed by atoms with van der Waals surface area (Å²) in [6.45, 7) is 2.10. The summed E-state index contributed by atoms with van der Waals surface area (Å²) in [6, 6.07) is 4.29. The Morgan fingerprint density at radius 1 is 1.40 bits per heavy atom. The molecule has 1 aromatic rings. The fourth-order valence-corrected chi connectivity index (χ4v) is 3.23. The summed E-state index contributed by atoms with van der Waals surface area (Å²) in [7, 11) is 0. The predicted octanol–water partition coefficient (Wildman–Crippen LogP) is 1.06.